The Hall–Kier alpha value is -1.15. The van der Waals surface area contributed by atoms with Gasteiger partial charge in [0.2, 0.25) is 16.9 Å². The minimum absolute atomic E-state index is 0.0428. The van der Waals surface area contributed by atoms with Crippen LogP contribution in [0, 0.1) is 0 Å². The molecular formula is C13H20N4O2S2. The first kappa shape index (κ1) is 16.2. The number of carbonyl (C=O) groups excluding carboxylic acids is 2. The number of thioether (sulfide) groups is 1. The summed E-state index contributed by atoms with van der Waals surface area (Å²) in [6.07, 6.45) is 6.26. The fraction of sp³-hybridized carbons (Fsp3) is 0.692. The summed E-state index contributed by atoms with van der Waals surface area (Å²) in [4.78, 5) is 23.1. The third-order valence-corrected chi connectivity index (χ3v) is 5.24. The second kappa shape index (κ2) is 8.33. The van der Waals surface area contributed by atoms with Crippen LogP contribution < -0.4 is 10.6 Å². The molecule has 0 atom stereocenters. The van der Waals surface area contributed by atoms with E-state index >= 15 is 0 Å². The summed E-state index contributed by atoms with van der Waals surface area (Å²) < 4.78 is 0.695. The monoisotopic (exact) mass is 328 g/mol. The van der Waals surface area contributed by atoms with Crippen LogP contribution >= 0.6 is 23.1 Å². The van der Waals surface area contributed by atoms with E-state index in [0.29, 0.717) is 27.7 Å². The Balaban J connectivity index is 1.72. The average Bonchev–Trinajstić information content (AvgIpc) is 2.93. The Labute approximate surface area is 132 Å². The minimum Gasteiger partial charge on any atom is -0.353 e. The van der Waals surface area contributed by atoms with Crippen LogP contribution in [-0.2, 0) is 9.59 Å². The molecule has 6 nitrogen and oxygen atoms in total. The molecule has 0 aliphatic heterocycles. The zero-order valence-electron chi connectivity index (χ0n) is 12.1. The number of hydrogen-bond donors (Lipinski definition) is 2. The van der Waals surface area contributed by atoms with E-state index in [0.717, 1.165) is 12.8 Å². The van der Waals surface area contributed by atoms with Crippen molar-refractivity contribution in [1.82, 2.24) is 15.5 Å². The SMILES string of the molecule is CCC(=O)Nc1nnc(SCC(=O)NC2CCCCC2)s1. The summed E-state index contributed by atoms with van der Waals surface area (Å²) in [6, 6.07) is 0.334. The first-order chi connectivity index (χ1) is 10.2. The number of rotatable bonds is 6. The molecule has 1 fully saturated rings. The highest BCUT2D eigenvalue weighted by atomic mass is 32.2. The summed E-state index contributed by atoms with van der Waals surface area (Å²) in [6.45, 7) is 1.78. The van der Waals surface area contributed by atoms with Crippen LogP contribution in [0.1, 0.15) is 45.4 Å². The van der Waals surface area contributed by atoms with Crippen molar-refractivity contribution < 1.29 is 9.59 Å². The van der Waals surface area contributed by atoms with Gasteiger partial charge < -0.3 is 10.6 Å². The standard InChI is InChI=1S/C13H20N4O2S2/c1-2-10(18)15-12-16-17-13(21-12)20-8-11(19)14-9-6-4-3-5-7-9/h9H,2-8H2,1H3,(H,14,19)(H,15,16,18). The molecule has 0 bridgehead atoms. The molecule has 0 unspecified atom stereocenters. The highest BCUT2D eigenvalue weighted by molar-refractivity contribution is 8.01. The summed E-state index contributed by atoms with van der Waals surface area (Å²) in [5, 5.41) is 14.0. The largest absolute Gasteiger partial charge is 0.353 e. The molecule has 1 saturated carbocycles. The van der Waals surface area contributed by atoms with Crippen molar-refractivity contribution in [1.29, 1.82) is 0 Å². The number of hydrogen-bond acceptors (Lipinski definition) is 6. The molecule has 0 radical (unpaired) electrons. The summed E-state index contributed by atoms with van der Waals surface area (Å²) in [7, 11) is 0. The van der Waals surface area contributed by atoms with Gasteiger partial charge in [-0.15, -0.1) is 10.2 Å². The van der Waals surface area contributed by atoms with E-state index in [1.54, 1.807) is 6.92 Å². The molecule has 1 aliphatic rings. The van der Waals surface area contributed by atoms with Gasteiger partial charge in [0.05, 0.1) is 5.75 Å². The maximum atomic E-state index is 11.9. The van der Waals surface area contributed by atoms with Gasteiger partial charge in [-0.3, -0.25) is 9.59 Å². The zero-order valence-corrected chi connectivity index (χ0v) is 13.7. The Morgan fingerprint density at radius 1 is 1.24 bits per heavy atom. The van der Waals surface area contributed by atoms with Crippen molar-refractivity contribution in [2.75, 3.05) is 11.1 Å². The molecule has 1 heterocycles. The van der Waals surface area contributed by atoms with Crippen molar-refractivity contribution >= 4 is 40.0 Å². The van der Waals surface area contributed by atoms with Crippen LogP contribution in [0.2, 0.25) is 0 Å². The Kier molecular flexibility index (Phi) is 6.44. The highest BCUT2D eigenvalue weighted by Crippen LogP contribution is 2.25. The summed E-state index contributed by atoms with van der Waals surface area (Å²) in [5.74, 6) is 0.298. The number of nitrogens with one attached hydrogen (secondary N) is 2. The first-order valence-electron chi connectivity index (χ1n) is 7.23. The number of nitrogens with zero attached hydrogens (tertiary/aromatic N) is 2. The van der Waals surface area contributed by atoms with Gasteiger partial charge in [0, 0.05) is 12.5 Å². The van der Waals surface area contributed by atoms with E-state index in [1.165, 1.54) is 42.4 Å². The minimum atomic E-state index is -0.0854. The van der Waals surface area contributed by atoms with Gasteiger partial charge in [-0.2, -0.15) is 0 Å². The topological polar surface area (TPSA) is 84.0 Å². The third-order valence-electron chi connectivity index (χ3n) is 3.27. The molecule has 116 valence electrons. The van der Waals surface area contributed by atoms with Crippen LogP contribution in [0.5, 0.6) is 0 Å². The van der Waals surface area contributed by atoms with Crippen LogP contribution in [0.3, 0.4) is 0 Å². The fourth-order valence-electron chi connectivity index (χ4n) is 2.17. The van der Waals surface area contributed by atoms with Crippen molar-refractivity contribution in [2.45, 2.75) is 55.8 Å². The van der Waals surface area contributed by atoms with Crippen molar-refractivity contribution in [2.24, 2.45) is 0 Å². The van der Waals surface area contributed by atoms with Crippen LogP contribution in [0.4, 0.5) is 5.13 Å². The molecule has 1 aromatic heterocycles. The molecule has 0 saturated heterocycles. The molecule has 1 aliphatic carbocycles. The van der Waals surface area contributed by atoms with E-state index in [2.05, 4.69) is 20.8 Å². The molecule has 2 rings (SSSR count). The van der Waals surface area contributed by atoms with Gasteiger partial charge in [0.25, 0.3) is 0 Å². The fourth-order valence-corrected chi connectivity index (χ4v) is 3.75. The van der Waals surface area contributed by atoms with Gasteiger partial charge in [-0.05, 0) is 12.8 Å². The van der Waals surface area contributed by atoms with E-state index in [1.807, 2.05) is 0 Å². The van der Waals surface area contributed by atoms with Gasteiger partial charge in [0.1, 0.15) is 0 Å². The maximum Gasteiger partial charge on any atom is 0.230 e. The molecule has 21 heavy (non-hydrogen) atoms. The zero-order chi connectivity index (χ0) is 15.1. The van der Waals surface area contributed by atoms with Crippen LogP contribution in [0.25, 0.3) is 0 Å². The molecule has 2 amide bonds. The number of carbonyl (C=O) groups is 2. The molecule has 0 aromatic carbocycles. The number of anilines is 1. The van der Waals surface area contributed by atoms with E-state index in [4.69, 9.17) is 0 Å². The van der Waals surface area contributed by atoms with Crippen LogP contribution in [-0.4, -0.2) is 33.8 Å². The molecule has 2 N–H and O–H groups in total. The quantitative estimate of drug-likeness (QED) is 0.619. The average molecular weight is 328 g/mol. The van der Waals surface area contributed by atoms with Crippen molar-refractivity contribution in [3.63, 3.8) is 0 Å². The van der Waals surface area contributed by atoms with Gasteiger partial charge in [-0.1, -0.05) is 49.3 Å². The maximum absolute atomic E-state index is 11.9. The lowest BCUT2D eigenvalue weighted by molar-refractivity contribution is -0.119. The third kappa shape index (κ3) is 5.62. The second-order valence-corrected chi connectivity index (χ2v) is 7.17. The van der Waals surface area contributed by atoms with Gasteiger partial charge in [-0.25, -0.2) is 0 Å². The van der Waals surface area contributed by atoms with Crippen molar-refractivity contribution in [3.05, 3.63) is 0 Å². The molecule has 0 spiro atoms. The first-order valence-corrected chi connectivity index (χ1v) is 9.03. The van der Waals surface area contributed by atoms with E-state index in [9.17, 15) is 9.59 Å². The molecule has 1 aromatic rings. The predicted octanol–water partition coefficient (Wildman–Crippen LogP) is 2.43. The van der Waals surface area contributed by atoms with Gasteiger partial charge >= 0.3 is 0 Å². The lowest BCUT2D eigenvalue weighted by Crippen LogP contribution is -2.37. The van der Waals surface area contributed by atoms with Crippen LogP contribution in [0.15, 0.2) is 4.34 Å². The smallest absolute Gasteiger partial charge is 0.230 e. The lowest BCUT2D eigenvalue weighted by atomic mass is 9.95. The highest BCUT2D eigenvalue weighted by Gasteiger charge is 2.16. The number of amides is 2. The summed E-state index contributed by atoms with van der Waals surface area (Å²) >= 11 is 2.65. The number of aromatic nitrogens is 2. The Morgan fingerprint density at radius 3 is 2.71 bits per heavy atom. The van der Waals surface area contributed by atoms with E-state index < -0.39 is 0 Å². The Bertz CT molecular complexity index is 486. The van der Waals surface area contributed by atoms with Crippen molar-refractivity contribution in [3.8, 4) is 0 Å². The molecule has 8 heteroatoms. The summed E-state index contributed by atoms with van der Waals surface area (Å²) in [5.41, 5.74) is 0. The lowest BCUT2D eigenvalue weighted by Gasteiger charge is -2.22. The Morgan fingerprint density at radius 2 is 2.00 bits per heavy atom. The van der Waals surface area contributed by atoms with Gasteiger partial charge in [0.15, 0.2) is 4.34 Å². The second-order valence-electron chi connectivity index (χ2n) is 4.97. The van der Waals surface area contributed by atoms with E-state index in [-0.39, 0.29) is 11.8 Å². The molecular weight excluding hydrogens is 308 g/mol. The normalized spacial score (nSPS) is 15.7. The predicted molar refractivity (Wildman–Crippen MR) is 84.6 cm³/mol.